The molecule has 0 saturated heterocycles. The monoisotopic (exact) mass is 409 g/mol. The molecular weight excluding hydrogens is 378 g/mol. The largest absolute Gasteiger partial charge is 0.494 e. The van der Waals surface area contributed by atoms with Crippen molar-refractivity contribution in [3.05, 3.63) is 60.2 Å². The van der Waals surface area contributed by atoms with Crippen LogP contribution in [0.2, 0.25) is 19.1 Å². The number of hydrogen-bond acceptors (Lipinski definition) is 4. The number of halogens is 1. The lowest BCUT2D eigenvalue weighted by Crippen LogP contribution is -2.47. The summed E-state index contributed by atoms with van der Waals surface area (Å²) in [7, 11) is -1.47. The van der Waals surface area contributed by atoms with Gasteiger partial charge in [0.15, 0.2) is 0 Å². The Kier molecular flexibility index (Phi) is 9.49. The van der Waals surface area contributed by atoms with E-state index in [2.05, 4.69) is 43.4 Å². The van der Waals surface area contributed by atoms with Gasteiger partial charge in [0, 0.05) is 0 Å². The summed E-state index contributed by atoms with van der Waals surface area (Å²) in [6, 6.07) is 19.8. The van der Waals surface area contributed by atoms with Crippen LogP contribution in [0.4, 0.5) is 0 Å². The minimum atomic E-state index is -1.47. The molecule has 0 amide bonds. The van der Waals surface area contributed by atoms with E-state index in [0.29, 0.717) is 19.4 Å². The molecule has 2 aromatic rings. The Balaban J connectivity index is 0.00000364. The third-order valence-electron chi connectivity index (χ3n) is 5.02. The van der Waals surface area contributed by atoms with E-state index in [9.17, 15) is 10.2 Å². The molecule has 0 aliphatic rings. The van der Waals surface area contributed by atoms with Gasteiger partial charge in [0.1, 0.15) is 5.75 Å². The van der Waals surface area contributed by atoms with Gasteiger partial charge in [0.25, 0.3) is 0 Å². The van der Waals surface area contributed by atoms with Crippen LogP contribution in [0, 0.1) is 0 Å². The van der Waals surface area contributed by atoms with Crippen LogP contribution >= 0.6 is 12.4 Å². The van der Waals surface area contributed by atoms with Crippen molar-refractivity contribution >= 4 is 25.7 Å². The van der Waals surface area contributed by atoms with Crippen LogP contribution in [0.3, 0.4) is 0 Å². The summed E-state index contributed by atoms with van der Waals surface area (Å²) in [6.07, 6.45) is 1.25. The zero-order chi connectivity index (χ0) is 19.0. The number of benzene rings is 2. The smallest absolute Gasteiger partial charge is 0.119 e. The molecule has 0 aliphatic heterocycles. The number of hydrogen-bond donors (Lipinski definition) is 3. The Morgan fingerprint density at radius 3 is 2.11 bits per heavy atom. The van der Waals surface area contributed by atoms with Crippen molar-refractivity contribution < 1.29 is 14.9 Å². The molecule has 150 valence electrons. The van der Waals surface area contributed by atoms with Crippen molar-refractivity contribution in [1.82, 2.24) is 0 Å². The molecule has 4 nitrogen and oxygen atoms in total. The highest BCUT2D eigenvalue weighted by Crippen LogP contribution is 2.17. The van der Waals surface area contributed by atoms with E-state index in [1.165, 1.54) is 5.19 Å². The maximum Gasteiger partial charge on any atom is 0.119 e. The summed E-state index contributed by atoms with van der Waals surface area (Å²) in [4.78, 5) is 0. The van der Waals surface area contributed by atoms with Gasteiger partial charge in [-0.25, -0.2) is 0 Å². The van der Waals surface area contributed by atoms with Gasteiger partial charge in [-0.05, 0) is 36.6 Å². The summed E-state index contributed by atoms with van der Waals surface area (Å²) >= 11 is 0. The molecule has 0 aliphatic carbocycles. The van der Waals surface area contributed by atoms with Gasteiger partial charge in [-0.15, -0.1) is 12.4 Å². The van der Waals surface area contributed by atoms with E-state index < -0.39 is 13.6 Å². The van der Waals surface area contributed by atoms with Crippen LogP contribution in [0.5, 0.6) is 5.75 Å². The zero-order valence-electron chi connectivity index (χ0n) is 16.2. The fourth-order valence-electron chi connectivity index (χ4n) is 2.81. The Labute approximate surface area is 169 Å². The lowest BCUT2D eigenvalue weighted by atomic mass is 9.94. The second-order valence-corrected chi connectivity index (χ2v) is 12.5. The lowest BCUT2D eigenvalue weighted by molar-refractivity contribution is 0.115. The minimum Gasteiger partial charge on any atom is -0.494 e. The van der Waals surface area contributed by atoms with Crippen molar-refractivity contribution in [2.24, 2.45) is 5.73 Å². The van der Waals surface area contributed by atoms with Gasteiger partial charge < -0.3 is 20.7 Å². The average Bonchev–Trinajstić information content (AvgIpc) is 2.67. The number of aryl methyl sites for hydroxylation is 1. The Hall–Kier alpha value is -1.37. The quantitative estimate of drug-likeness (QED) is 0.527. The van der Waals surface area contributed by atoms with Gasteiger partial charge in [0.2, 0.25) is 0 Å². The van der Waals surface area contributed by atoms with Gasteiger partial charge in [0.05, 0.1) is 33.4 Å². The van der Waals surface area contributed by atoms with Crippen LogP contribution in [0.15, 0.2) is 54.6 Å². The van der Waals surface area contributed by atoms with Gasteiger partial charge in [-0.3, -0.25) is 0 Å². The zero-order valence-corrected chi connectivity index (χ0v) is 18.0. The minimum absolute atomic E-state index is 0. The summed E-state index contributed by atoms with van der Waals surface area (Å²) in [5.74, 6) is 0.870. The highest BCUT2D eigenvalue weighted by molar-refractivity contribution is 6.89. The molecule has 0 bridgehead atoms. The van der Waals surface area contributed by atoms with Crippen LogP contribution in [-0.4, -0.2) is 43.6 Å². The molecule has 2 rings (SSSR count). The summed E-state index contributed by atoms with van der Waals surface area (Å²) in [6.45, 7) is 5.03. The second kappa shape index (κ2) is 10.8. The number of aliphatic hydroxyl groups excluding tert-OH is 2. The molecule has 0 radical (unpaired) electrons. The van der Waals surface area contributed by atoms with Crippen molar-refractivity contribution in [3.8, 4) is 5.75 Å². The number of ether oxygens (including phenoxy) is 1. The SMILES string of the molecule is C[Si](C)(CCOc1ccc(CCC(N)(CO)CO)cc1)c1ccccc1.Cl. The molecule has 0 aromatic heterocycles. The molecule has 0 saturated carbocycles. The molecule has 0 heterocycles. The topological polar surface area (TPSA) is 75.7 Å². The molecule has 0 fully saturated rings. The first-order valence-corrected chi connectivity index (χ1v) is 12.4. The maximum atomic E-state index is 9.25. The molecule has 27 heavy (non-hydrogen) atoms. The molecule has 0 spiro atoms. The molecule has 2 aromatic carbocycles. The van der Waals surface area contributed by atoms with E-state index in [4.69, 9.17) is 10.5 Å². The maximum absolute atomic E-state index is 9.25. The van der Waals surface area contributed by atoms with Crippen molar-refractivity contribution in [2.45, 2.75) is 37.5 Å². The van der Waals surface area contributed by atoms with Crippen molar-refractivity contribution in [2.75, 3.05) is 19.8 Å². The fourth-order valence-corrected chi connectivity index (χ4v) is 4.81. The van der Waals surface area contributed by atoms with E-state index in [1.807, 2.05) is 24.3 Å². The number of rotatable bonds is 10. The predicted octanol–water partition coefficient (Wildman–Crippen LogP) is 2.72. The first kappa shape index (κ1) is 23.7. The van der Waals surface area contributed by atoms with Crippen LogP contribution in [-0.2, 0) is 6.42 Å². The van der Waals surface area contributed by atoms with E-state index >= 15 is 0 Å². The lowest BCUT2D eigenvalue weighted by Gasteiger charge is -2.24. The number of aliphatic hydroxyl groups is 2. The van der Waals surface area contributed by atoms with E-state index in [1.54, 1.807) is 0 Å². The Morgan fingerprint density at radius 2 is 1.56 bits per heavy atom. The van der Waals surface area contributed by atoms with Crippen LogP contribution in [0.1, 0.15) is 12.0 Å². The predicted molar refractivity (Wildman–Crippen MR) is 117 cm³/mol. The third-order valence-corrected chi connectivity index (χ3v) is 8.37. The highest BCUT2D eigenvalue weighted by atomic mass is 35.5. The van der Waals surface area contributed by atoms with Crippen molar-refractivity contribution in [3.63, 3.8) is 0 Å². The molecule has 6 heteroatoms. The van der Waals surface area contributed by atoms with E-state index in [-0.39, 0.29) is 25.6 Å². The second-order valence-electron chi connectivity index (χ2n) is 7.67. The van der Waals surface area contributed by atoms with Gasteiger partial charge >= 0.3 is 0 Å². The van der Waals surface area contributed by atoms with Crippen molar-refractivity contribution in [1.29, 1.82) is 0 Å². The summed E-state index contributed by atoms with van der Waals surface area (Å²) in [5, 5.41) is 20.0. The molecule has 4 N–H and O–H groups in total. The molecule has 0 unspecified atom stereocenters. The van der Waals surface area contributed by atoms with Gasteiger partial charge in [-0.1, -0.05) is 60.7 Å². The fraction of sp³-hybridized carbons (Fsp3) is 0.429. The van der Waals surface area contributed by atoms with Gasteiger partial charge in [-0.2, -0.15) is 0 Å². The first-order valence-electron chi connectivity index (χ1n) is 9.16. The molecule has 0 atom stereocenters. The average molecular weight is 410 g/mol. The first-order chi connectivity index (χ1) is 12.4. The highest BCUT2D eigenvalue weighted by Gasteiger charge is 2.23. The van der Waals surface area contributed by atoms with Crippen LogP contribution < -0.4 is 15.7 Å². The Morgan fingerprint density at radius 1 is 0.963 bits per heavy atom. The summed E-state index contributed by atoms with van der Waals surface area (Å²) in [5.41, 5.74) is 6.11. The standard InChI is InChI=1S/C21H31NO3Si.ClH/c1-26(2,20-6-4-3-5-7-20)15-14-25-19-10-8-18(9-11-19)12-13-21(22,16-23)17-24;/h3-11,23-24H,12-17,22H2,1-2H3;1H. The van der Waals surface area contributed by atoms with Crippen LogP contribution in [0.25, 0.3) is 0 Å². The normalized spacial score (nSPS) is 11.7. The Bertz CT molecular complexity index is 661. The number of nitrogens with two attached hydrogens (primary N) is 1. The third kappa shape index (κ3) is 7.28. The summed E-state index contributed by atoms with van der Waals surface area (Å²) < 4.78 is 5.94. The van der Waals surface area contributed by atoms with E-state index in [0.717, 1.165) is 17.4 Å². The molecular formula is C21H32ClNO3Si.